The first-order valence-corrected chi connectivity index (χ1v) is 4.69. The van der Waals surface area contributed by atoms with Crippen molar-refractivity contribution in [2.45, 2.75) is 26.2 Å². The van der Waals surface area contributed by atoms with Crippen LogP contribution in [0.2, 0.25) is 0 Å². The van der Waals surface area contributed by atoms with Gasteiger partial charge >= 0.3 is 0 Å². The molecule has 0 heterocycles. The summed E-state index contributed by atoms with van der Waals surface area (Å²) in [6.45, 7) is 2.27. The van der Waals surface area contributed by atoms with Gasteiger partial charge in [0.2, 0.25) is 0 Å². The van der Waals surface area contributed by atoms with Gasteiger partial charge in [0.15, 0.2) is 0 Å². The molecule has 0 unspecified atom stereocenters. The van der Waals surface area contributed by atoms with E-state index in [-0.39, 0.29) is 6.61 Å². The maximum atomic E-state index is 9.36. The first kappa shape index (κ1) is 10.1. The average Bonchev–Trinajstić information content (AvgIpc) is 2.14. The van der Waals surface area contributed by atoms with E-state index >= 15 is 0 Å². The summed E-state index contributed by atoms with van der Waals surface area (Å²) < 4.78 is 0. The number of aliphatic hydroxyl groups is 1. The number of hydrogen-bond acceptors (Lipinski definition) is 2. The standard InChI is InChI=1S/C11H16O2/c1-2-9-6-10(4-3-5-12)8-11(13)7-9/h6-8,12-13H,2-5H2,1H3. The fraction of sp³-hybridized carbons (Fsp3) is 0.455. The molecule has 0 spiro atoms. The van der Waals surface area contributed by atoms with Crippen LogP contribution < -0.4 is 0 Å². The Morgan fingerprint density at radius 1 is 1.15 bits per heavy atom. The predicted octanol–water partition coefficient (Wildman–Crippen LogP) is 1.88. The van der Waals surface area contributed by atoms with Crippen molar-refractivity contribution >= 4 is 0 Å². The minimum absolute atomic E-state index is 0.205. The van der Waals surface area contributed by atoms with Crippen LogP contribution in [0.15, 0.2) is 18.2 Å². The first-order valence-electron chi connectivity index (χ1n) is 4.69. The summed E-state index contributed by atoms with van der Waals surface area (Å²) in [6.07, 6.45) is 2.52. The molecule has 0 aliphatic carbocycles. The zero-order chi connectivity index (χ0) is 9.68. The Kier molecular flexibility index (Phi) is 3.77. The molecule has 0 amide bonds. The Bertz CT molecular complexity index is 269. The maximum Gasteiger partial charge on any atom is 0.116 e. The van der Waals surface area contributed by atoms with Crippen molar-refractivity contribution in [3.05, 3.63) is 29.3 Å². The summed E-state index contributed by atoms with van der Waals surface area (Å²) in [5.41, 5.74) is 2.25. The second-order valence-electron chi connectivity index (χ2n) is 3.19. The molecule has 2 N–H and O–H groups in total. The Morgan fingerprint density at radius 2 is 1.85 bits per heavy atom. The monoisotopic (exact) mass is 180 g/mol. The molecule has 0 atom stereocenters. The Hall–Kier alpha value is -1.02. The highest BCUT2D eigenvalue weighted by Crippen LogP contribution is 2.17. The second-order valence-corrected chi connectivity index (χ2v) is 3.19. The zero-order valence-electron chi connectivity index (χ0n) is 7.95. The first-order chi connectivity index (χ1) is 6.26. The third-order valence-corrected chi connectivity index (χ3v) is 2.07. The van der Waals surface area contributed by atoms with E-state index < -0.39 is 0 Å². The third-order valence-electron chi connectivity index (χ3n) is 2.07. The van der Waals surface area contributed by atoms with Crippen LogP contribution >= 0.6 is 0 Å². The minimum Gasteiger partial charge on any atom is -0.508 e. The lowest BCUT2D eigenvalue weighted by molar-refractivity contribution is 0.288. The fourth-order valence-electron chi connectivity index (χ4n) is 1.37. The molecule has 0 saturated heterocycles. The lowest BCUT2D eigenvalue weighted by atomic mass is 10.0. The molecule has 1 aromatic carbocycles. The van der Waals surface area contributed by atoms with Crippen LogP contribution in [-0.4, -0.2) is 16.8 Å². The highest BCUT2D eigenvalue weighted by atomic mass is 16.3. The van der Waals surface area contributed by atoms with Gasteiger partial charge in [0.1, 0.15) is 5.75 Å². The third kappa shape index (κ3) is 3.07. The molecule has 0 aromatic heterocycles. The van der Waals surface area contributed by atoms with Crippen molar-refractivity contribution in [1.29, 1.82) is 0 Å². The van der Waals surface area contributed by atoms with Crippen molar-refractivity contribution in [1.82, 2.24) is 0 Å². The summed E-state index contributed by atoms with van der Waals surface area (Å²) in [5.74, 6) is 0.326. The number of benzene rings is 1. The number of aliphatic hydroxyl groups excluding tert-OH is 1. The smallest absolute Gasteiger partial charge is 0.116 e. The van der Waals surface area contributed by atoms with Gasteiger partial charge in [0.25, 0.3) is 0 Å². The van der Waals surface area contributed by atoms with E-state index in [1.54, 1.807) is 12.1 Å². The topological polar surface area (TPSA) is 40.5 Å². The van der Waals surface area contributed by atoms with Gasteiger partial charge in [-0.2, -0.15) is 0 Å². The van der Waals surface area contributed by atoms with Crippen LogP contribution in [0, 0.1) is 0 Å². The summed E-state index contributed by atoms with van der Waals surface area (Å²) in [6, 6.07) is 5.62. The van der Waals surface area contributed by atoms with Crippen LogP contribution in [0.3, 0.4) is 0 Å². The molecule has 0 bridgehead atoms. The second kappa shape index (κ2) is 4.87. The van der Waals surface area contributed by atoms with E-state index in [9.17, 15) is 5.11 Å². The molecule has 0 radical (unpaired) electrons. The number of phenols is 1. The maximum absolute atomic E-state index is 9.36. The van der Waals surface area contributed by atoms with Crippen molar-refractivity contribution in [2.75, 3.05) is 6.61 Å². The number of rotatable bonds is 4. The normalized spacial score (nSPS) is 10.3. The number of aromatic hydroxyl groups is 1. The molecule has 0 fully saturated rings. The van der Waals surface area contributed by atoms with E-state index in [0.717, 1.165) is 30.4 Å². The van der Waals surface area contributed by atoms with Gasteiger partial charge in [0, 0.05) is 6.61 Å². The molecule has 0 saturated carbocycles. The zero-order valence-corrected chi connectivity index (χ0v) is 7.95. The highest BCUT2D eigenvalue weighted by molar-refractivity contribution is 5.33. The molecular weight excluding hydrogens is 164 g/mol. The number of phenolic OH excluding ortho intramolecular Hbond substituents is 1. The Morgan fingerprint density at radius 3 is 2.46 bits per heavy atom. The van der Waals surface area contributed by atoms with Gasteiger partial charge in [0.05, 0.1) is 0 Å². The molecule has 2 nitrogen and oxygen atoms in total. The summed E-state index contributed by atoms with van der Waals surface area (Å²) >= 11 is 0. The van der Waals surface area contributed by atoms with Gasteiger partial charge in [-0.3, -0.25) is 0 Å². The van der Waals surface area contributed by atoms with Gasteiger partial charge in [-0.15, -0.1) is 0 Å². The van der Waals surface area contributed by atoms with E-state index in [1.165, 1.54) is 0 Å². The molecule has 2 heteroatoms. The van der Waals surface area contributed by atoms with E-state index in [0.29, 0.717) is 5.75 Å². The molecule has 1 aromatic rings. The highest BCUT2D eigenvalue weighted by Gasteiger charge is 1.98. The van der Waals surface area contributed by atoms with E-state index in [1.807, 2.05) is 0 Å². The summed E-state index contributed by atoms with van der Waals surface area (Å²) in [5, 5.41) is 18.0. The molecule has 13 heavy (non-hydrogen) atoms. The van der Waals surface area contributed by atoms with Gasteiger partial charge < -0.3 is 10.2 Å². The van der Waals surface area contributed by atoms with Crippen molar-refractivity contribution < 1.29 is 10.2 Å². The van der Waals surface area contributed by atoms with E-state index in [2.05, 4.69) is 13.0 Å². The molecule has 0 aliphatic rings. The fourth-order valence-corrected chi connectivity index (χ4v) is 1.37. The molecule has 1 rings (SSSR count). The lowest BCUT2D eigenvalue weighted by Gasteiger charge is -2.04. The summed E-state index contributed by atoms with van der Waals surface area (Å²) in [7, 11) is 0. The average molecular weight is 180 g/mol. The van der Waals surface area contributed by atoms with Crippen LogP contribution in [0.1, 0.15) is 24.5 Å². The summed E-state index contributed by atoms with van der Waals surface area (Å²) in [4.78, 5) is 0. The molecular formula is C11H16O2. The van der Waals surface area contributed by atoms with Gasteiger partial charge in [-0.05, 0) is 42.5 Å². The molecule has 72 valence electrons. The quantitative estimate of drug-likeness (QED) is 0.742. The van der Waals surface area contributed by atoms with Crippen LogP contribution in [0.4, 0.5) is 0 Å². The van der Waals surface area contributed by atoms with Crippen molar-refractivity contribution in [3.63, 3.8) is 0 Å². The molecule has 0 aliphatic heterocycles. The van der Waals surface area contributed by atoms with Crippen LogP contribution in [-0.2, 0) is 12.8 Å². The van der Waals surface area contributed by atoms with Crippen LogP contribution in [0.25, 0.3) is 0 Å². The minimum atomic E-state index is 0.205. The Balaban J connectivity index is 2.76. The predicted molar refractivity (Wildman–Crippen MR) is 52.9 cm³/mol. The van der Waals surface area contributed by atoms with Crippen molar-refractivity contribution in [2.24, 2.45) is 0 Å². The Labute approximate surface area is 78.8 Å². The largest absolute Gasteiger partial charge is 0.508 e. The number of hydrogen-bond donors (Lipinski definition) is 2. The van der Waals surface area contributed by atoms with Crippen molar-refractivity contribution in [3.8, 4) is 5.75 Å². The van der Waals surface area contributed by atoms with Gasteiger partial charge in [-0.25, -0.2) is 0 Å². The van der Waals surface area contributed by atoms with Crippen LogP contribution in [0.5, 0.6) is 5.75 Å². The SMILES string of the molecule is CCc1cc(O)cc(CCCO)c1. The van der Waals surface area contributed by atoms with E-state index in [4.69, 9.17) is 5.11 Å². The number of aryl methyl sites for hydroxylation is 2. The lowest BCUT2D eigenvalue weighted by Crippen LogP contribution is -1.91. The van der Waals surface area contributed by atoms with Gasteiger partial charge in [-0.1, -0.05) is 13.0 Å².